The molecule has 0 bridgehead atoms. The average molecular weight is 256 g/mol. The van der Waals surface area contributed by atoms with E-state index in [0.717, 1.165) is 11.4 Å². The topological polar surface area (TPSA) is 34.0 Å². The monoisotopic (exact) mass is 256 g/mol. The van der Waals surface area contributed by atoms with E-state index in [2.05, 4.69) is 36.8 Å². The number of nitrogens with one attached hydrogen (secondary N) is 1. The van der Waals surface area contributed by atoms with Crippen LogP contribution in [0.3, 0.4) is 0 Å². The largest absolute Gasteiger partial charge is 0.358 e. The van der Waals surface area contributed by atoms with E-state index in [1.165, 1.54) is 22.2 Å². The van der Waals surface area contributed by atoms with Crippen molar-refractivity contribution in [3.63, 3.8) is 0 Å². The molecule has 0 amide bonds. The fraction of sp³-hybridized carbons (Fsp3) is 0.312. The summed E-state index contributed by atoms with van der Waals surface area (Å²) in [5, 5.41) is 4.55. The zero-order valence-electron chi connectivity index (χ0n) is 12.2. The van der Waals surface area contributed by atoms with Gasteiger partial charge in [-0.1, -0.05) is 6.07 Å². The quantitative estimate of drug-likeness (QED) is 0.850. The molecule has 1 aromatic heterocycles. The number of aromatic nitrogens is 1. The first kappa shape index (κ1) is 13.4. The molecule has 1 aromatic carbocycles. The van der Waals surface area contributed by atoms with E-state index < -0.39 is 0 Å². The van der Waals surface area contributed by atoms with E-state index in [-0.39, 0.29) is 5.78 Å². The van der Waals surface area contributed by atoms with E-state index in [0.29, 0.717) is 0 Å². The molecule has 0 saturated heterocycles. The van der Waals surface area contributed by atoms with Crippen molar-refractivity contribution in [2.75, 3.05) is 5.32 Å². The van der Waals surface area contributed by atoms with Crippen LogP contribution in [0.15, 0.2) is 30.0 Å². The second kappa shape index (κ2) is 4.92. The highest BCUT2D eigenvalue weighted by Crippen LogP contribution is 2.31. The summed E-state index contributed by atoms with van der Waals surface area (Å²) >= 11 is 0. The Hall–Kier alpha value is -2.03. The number of hydrogen-bond acceptors (Lipinski definition) is 2. The number of ketones is 1. The third-order valence-electron chi connectivity index (χ3n) is 3.58. The fourth-order valence-corrected chi connectivity index (χ4v) is 2.48. The number of aryl methyl sites for hydroxylation is 2. The number of anilines is 1. The lowest BCUT2D eigenvalue weighted by Gasteiger charge is -2.09. The highest BCUT2D eigenvalue weighted by Gasteiger charge is 2.11. The normalized spacial score (nSPS) is 11.9. The number of carbonyl (C=O) groups excluding carboxylic acids is 1. The van der Waals surface area contributed by atoms with Gasteiger partial charge >= 0.3 is 0 Å². The van der Waals surface area contributed by atoms with Crippen molar-refractivity contribution in [3.8, 4) is 0 Å². The number of hydrogen-bond donors (Lipinski definition) is 1. The Morgan fingerprint density at radius 1 is 1.26 bits per heavy atom. The molecule has 0 fully saturated rings. The van der Waals surface area contributed by atoms with Gasteiger partial charge in [0.1, 0.15) is 0 Å². The van der Waals surface area contributed by atoms with Gasteiger partial charge in [0.05, 0.1) is 5.52 Å². The third kappa shape index (κ3) is 2.41. The summed E-state index contributed by atoms with van der Waals surface area (Å²) in [6.45, 7) is 7.72. The van der Waals surface area contributed by atoms with Crippen molar-refractivity contribution < 1.29 is 4.79 Å². The molecule has 3 nitrogen and oxygen atoms in total. The van der Waals surface area contributed by atoms with Crippen LogP contribution in [0.4, 0.5) is 5.69 Å². The summed E-state index contributed by atoms with van der Waals surface area (Å²) in [5.41, 5.74) is 5.65. The van der Waals surface area contributed by atoms with E-state index in [4.69, 9.17) is 0 Å². The van der Waals surface area contributed by atoms with Gasteiger partial charge in [0, 0.05) is 29.5 Å². The lowest BCUT2D eigenvalue weighted by Crippen LogP contribution is -1.99. The lowest BCUT2D eigenvalue weighted by atomic mass is 10.1. The molecule has 0 atom stereocenters. The highest BCUT2D eigenvalue weighted by atomic mass is 16.1. The van der Waals surface area contributed by atoms with Crippen LogP contribution in [0.5, 0.6) is 0 Å². The molecule has 0 unspecified atom stereocenters. The summed E-state index contributed by atoms with van der Waals surface area (Å²) in [6, 6.07) is 6.20. The smallest absolute Gasteiger partial charge is 0.154 e. The van der Waals surface area contributed by atoms with Crippen LogP contribution in [-0.4, -0.2) is 10.4 Å². The lowest BCUT2D eigenvalue weighted by molar-refractivity contribution is -0.112. The highest BCUT2D eigenvalue weighted by molar-refractivity contribution is 5.97. The first-order valence-corrected chi connectivity index (χ1v) is 6.42. The van der Waals surface area contributed by atoms with Crippen molar-refractivity contribution in [2.24, 2.45) is 7.05 Å². The van der Waals surface area contributed by atoms with Gasteiger partial charge in [-0.3, -0.25) is 4.79 Å². The van der Waals surface area contributed by atoms with Gasteiger partial charge in [-0.2, -0.15) is 0 Å². The van der Waals surface area contributed by atoms with Gasteiger partial charge in [0.15, 0.2) is 5.78 Å². The summed E-state index contributed by atoms with van der Waals surface area (Å²) in [5.74, 6) is 0.0538. The first-order valence-electron chi connectivity index (χ1n) is 6.42. The summed E-state index contributed by atoms with van der Waals surface area (Å²) in [4.78, 5) is 11.1. The molecule has 0 spiro atoms. The fourth-order valence-electron chi connectivity index (χ4n) is 2.48. The van der Waals surface area contributed by atoms with Crippen LogP contribution >= 0.6 is 0 Å². The SMILES string of the molecule is CC(=O)C=C(C)Nc1cccc2c1c(C)c(C)n2C. The Kier molecular flexibility index (Phi) is 3.47. The van der Waals surface area contributed by atoms with Crippen LogP contribution in [0.25, 0.3) is 10.9 Å². The molecule has 2 aromatic rings. The van der Waals surface area contributed by atoms with Gasteiger partial charge in [0.2, 0.25) is 0 Å². The molecule has 0 aliphatic heterocycles. The summed E-state index contributed by atoms with van der Waals surface area (Å²) < 4.78 is 2.19. The summed E-state index contributed by atoms with van der Waals surface area (Å²) in [7, 11) is 2.08. The molecule has 0 radical (unpaired) electrons. The number of rotatable bonds is 3. The number of benzene rings is 1. The third-order valence-corrected chi connectivity index (χ3v) is 3.58. The van der Waals surface area contributed by atoms with Crippen molar-refractivity contribution >= 4 is 22.4 Å². The van der Waals surface area contributed by atoms with Crippen LogP contribution < -0.4 is 5.32 Å². The maximum absolute atomic E-state index is 11.1. The van der Waals surface area contributed by atoms with Crippen molar-refractivity contribution in [3.05, 3.63) is 41.2 Å². The zero-order valence-corrected chi connectivity index (χ0v) is 12.2. The Labute approximate surface area is 113 Å². The minimum Gasteiger partial charge on any atom is -0.358 e. The molecular formula is C16H20N2O. The van der Waals surface area contributed by atoms with Crippen LogP contribution in [0, 0.1) is 13.8 Å². The molecular weight excluding hydrogens is 236 g/mol. The number of carbonyl (C=O) groups is 1. The Bertz CT molecular complexity index is 678. The average Bonchev–Trinajstić information content (AvgIpc) is 2.54. The number of fused-ring (bicyclic) bond motifs is 1. The Balaban J connectivity index is 2.56. The standard InChI is InChI=1S/C16H20N2O/c1-10(9-11(2)19)17-14-7-6-8-15-16(14)12(3)13(4)18(15)5/h6-9,17H,1-5H3. The predicted octanol–water partition coefficient (Wildman–Crippen LogP) is 3.70. The molecule has 19 heavy (non-hydrogen) atoms. The van der Waals surface area contributed by atoms with Gasteiger partial charge < -0.3 is 9.88 Å². The Morgan fingerprint density at radius 3 is 2.58 bits per heavy atom. The molecule has 2 rings (SSSR count). The minimum absolute atomic E-state index is 0.0538. The van der Waals surface area contributed by atoms with Gasteiger partial charge in [-0.15, -0.1) is 0 Å². The van der Waals surface area contributed by atoms with Crippen LogP contribution in [0.1, 0.15) is 25.1 Å². The number of allylic oxidation sites excluding steroid dienone is 2. The van der Waals surface area contributed by atoms with Crippen LogP contribution in [0.2, 0.25) is 0 Å². The van der Waals surface area contributed by atoms with Gasteiger partial charge in [0.25, 0.3) is 0 Å². The Morgan fingerprint density at radius 2 is 1.95 bits per heavy atom. The van der Waals surface area contributed by atoms with Crippen molar-refractivity contribution in [1.82, 2.24) is 4.57 Å². The molecule has 100 valence electrons. The zero-order chi connectivity index (χ0) is 14.2. The molecule has 1 heterocycles. The molecule has 0 saturated carbocycles. The van der Waals surface area contributed by atoms with Crippen molar-refractivity contribution in [1.29, 1.82) is 0 Å². The van der Waals surface area contributed by atoms with E-state index in [9.17, 15) is 4.79 Å². The second-order valence-corrected chi connectivity index (χ2v) is 5.03. The summed E-state index contributed by atoms with van der Waals surface area (Å²) in [6.07, 6.45) is 1.62. The first-order chi connectivity index (χ1) is 8.91. The maximum atomic E-state index is 11.1. The minimum atomic E-state index is 0.0538. The number of nitrogens with zero attached hydrogens (tertiary/aromatic N) is 1. The second-order valence-electron chi connectivity index (χ2n) is 5.03. The molecule has 1 N–H and O–H groups in total. The van der Waals surface area contributed by atoms with Crippen molar-refractivity contribution in [2.45, 2.75) is 27.7 Å². The molecule has 0 aliphatic carbocycles. The van der Waals surface area contributed by atoms with E-state index >= 15 is 0 Å². The maximum Gasteiger partial charge on any atom is 0.154 e. The molecule has 3 heteroatoms. The van der Waals surface area contributed by atoms with E-state index in [1.54, 1.807) is 13.0 Å². The van der Waals surface area contributed by atoms with E-state index in [1.807, 2.05) is 19.1 Å². The predicted molar refractivity (Wildman–Crippen MR) is 80.5 cm³/mol. The van der Waals surface area contributed by atoms with Gasteiger partial charge in [-0.05, 0) is 51.5 Å². The van der Waals surface area contributed by atoms with Crippen LogP contribution in [-0.2, 0) is 11.8 Å². The molecule has 0 aliphatic rings. The van der Waals surface area contributed by atoms with Gasteiger partial charge in [-0.25, -0.2) is 0 Å².